The Hall–Kier alpha value is -1.36. The van der Waals surface area contributed by atoms with Crippen molar-refractivity contribution in [1.29, 1.82) is 0 Å². The SMILES string of the molecule is NC(=O)[C@@H]1CC=CC[C@H]1NC(=O)CN1CCCCCC1. The van der Waals surface area contributed by atoms with E-state index in [1.807, 2.05) is 12.2 Å². The van der Waals surface area contributed by atoms with Crippen LogP contribution in [0.5, 0.6) is 0 Å². The Morgan fingerprint density at radius 3 is 2.40 bits per heavy atom. The predicted octanol–water partition coefficient (Wildman–Crippen LogP) is 0.799. The van der Waals surface area contributed by atoms with E-state index in [1.165, 1.54) is 25.7 Å². The molecular formula is C15H25N3O2. The first-order valence-corrected chi connectivity index (χ1v) is 7.63. The van der Waals surface area contributed by atoms with Crippen LogP contribution in [-0.2, 0) is 9.59 Å². The normalized spacial score (nSPS) is 27.8. The maximum Gasteiger partial charge on any atom is 0.234 e. The van der Waals surface area contributed by atoms with Gasteiger partial charge in [0.25, 0.3) is 0 Å². The van der Waals surface area contributed by atoms with E-state index in [9.17, 15) is 9.59 Å². The fourth-order valence-electron chi connectivity index (χ4n) is 3.04. The number of nitrogens with one attached hydrogen (secondary N) is 1. The number of amides is 2. The Morgan fingerprint density at radius 1 is 1.10 bits per heavy atom. The molecule has 0 unspecified atom stereocenters. The zero-order valence-corrected chi connectivity index (χ0v) is 12.0. The summed E-state index contributed by atoms with van der Waals surface area (Å²) in [5.74, 6) is -0.582. The van der Waals surface area contributed by atoms with Gasteiger partial charge in [0.1, 0.15) is 0 Å². The number of primary amides is 1. The summed E-state index contributed by atoms with van der Waals surface area (Å²) in [5.41, 5.74) is 5.40. The molecule has 0 spiro atoms. The highest BCUT2D eigenvalue weighted by molar-refractivity contribution is 5.81. The summed E-state index contributed by atoms with van der Waals surface area (Å²) < 4.78 is 0. The number of rotatable bonds is 4. The fourth-order valence-corrected chi connectivity index (χ4v) is 3.04. The van der Waals surface area contributed by atoms with E-state index in [2.05, 4.69) is 10.2 Å². The first kappa shape index (κ1) is 15.0. The number of allylic oxidation sites excluding steroid dienone is 1. The average Bonchev–Trinajstić information content (AvgIpc) is 2.67. The van der Waals surface area contributed by atoms with Crippen LogP contribution in [-0.4, -0.2) is 42.4 Å². The van der Waals surface area contributed by atoms with Crippen molar-refractivity contribution >= 4 is 11.8 Å². The summed E-state index contributed by atoms with van der Waals surface area (Å²) in [7, 11) is 0. The van der Waals surface area contributed by atoms with Gasteiger partial charge in [-0.2, -0.15) is 0 Å². The predicted molar refractivity (Wildman–Crippen MR) is 77.9 cm³/mol. The molecule has 5 heteroatoms. The summed E-state index contributed by atoms with van der Waals surface area (Å²) in [6.45, 7) is 2.43. The van der Waals surface area contributed by atoms with E-state index in [-0.39, 0.29) is 23.8 Å². The van der Waals surface area contributed by atoms with Crippen LogP contribution in [0.2, 0.25) is 0 Å². The third-order valence-corrected chi connectivity index (χ3v) is 4.21. The van der Waals surface area contributed by atoms with Gasteiger partial charge >= 0.3 is 0 Å². The highest BCUT2D eigenvalue weighted by atomic mass is 16.2. The molecule has 1 aliphatic carbocycles. The molecular weight excluding hydrogens is 254 g/mol. The van der Waals surface area contributed by atoms with Crippen LogP contribution in [0, 0.1) is 5.92 Å². The number of nitrogens with two attached hydrogens (primary N) is 1. The highest BCUT2D eigenvalue weighted by Crippen LogP contribution is 2.18. The van der Waals surface area contributed by atoms with Crippen molar-refractivity contribution in [2.45, 2.75) is 44.6 Å². The van der Waals surface area contributed by atoms with Crippen molar-refractivity contribution in [2.24, 2.45) is 11.7 Å². The number of carbonyl (C=O) groups is 2. The van der Waals surface area contributed by atoms with Crippen molar-refractivity contribution in [3.63, 3.8) is 0 Å². The third-order valence-electron chi connectivity index (χ3n) is 4.21. The number of nitrogens with zero attached hydrogens (tertiary/aromatic N) is 1. The molecule has 0 bridgehead atoms. The number of hydrogen-bond acceptors (Lipinski definition) is 3. The van der Waals surface area contributed by atoms with Crippen LogP contribution in [0.25, 0.3) is 0 Å². The molecule has 1 heterocycles. The molecule has 0 aromatic rings. The van der Waals surface area contributed by atoms with Crippen LogP contribution in [0.15, 0.2) is 12.2 Å². The van der Waals surface area contributed by atoms with Crippen molar-refractivity contribution in [3.05, 3.63) is 12.2 Å². The lowest BCUT2D eigenvalue weighted by atomic mass is 9.88. The van der Waals surface area contributed by atoms with E-state index < -0.39 is 0 Å². The molecule has 1 saturated heterocycles. The van der Waals surface area contributed by atoms with Gasteiger partial charge in [0.15, 0.2) is 0 Å². The maximum atomic E-state index is 12.1. The zero-order valence-electron chi connectivity index (χ0n) is 12.0. The molecule has 0 radical (unpaired) electrons. The van der Waals surface area contributed by atoms with E-state index in [4.69, 9.17) is 5.73 Å². The van der Waals surface area contributed by atoms with Crippen LogP contribution in [0.4, 0.5) is 0 Å². The van der Waals surface area contributed by atoms with Gasteiger partial charge in [-0.1, -0.05) is 25.0 Å². The summed E-state index contributed by atoms with van der Waals surface area (Å²) >= 11 is 0. The number of carbonyl (C=O) groups excluding carboxylic acids is 2. The maximum absolute atomic E-state index is 12.1. The van der Waals surface area contributed by atoms with Gasteiger partial charge in [0.05, 0.1) is 12.5 Å². The van der Waals surface area contributed by atoms with Gasteiger partial charge < -0.3 is 11.1 Å². The minimum absolute atomic E-state index is 0.0125. The fraction of sp³-hybridized carbons (Fsp3) is 0.733. The highest BCUT2D eigenvalue weighted by Gasteiger charge is 2.28. The Kier molecular flexibility index (Phi) is 5.59. The molecule has 2 rings (SSSR count). The van der Waals surface area contributed by atoms with Crippen LogP contribution in [0.1, 0.15) is 38.5 Å². The van der Waals surface area contributed by atoms with E-state index in [0.29, 0.717) is 19.4 Å². The molecule has 2 amide bonds. The molecule has 0 saturated carbocycles. The van der Waals surface area contributed by atoms with Crippen LogP contribution >= 0.6 is 0 Å². The second-order valence-corrected chi connectivity index (χ2v) is 5.82. The lowest BCUT2D eigenvalue weighted by Crippen LogP contribution is -2.49. The molecule has 112 valence electrons. The topological polar surface area (TPSA) is 75.4 Å². The van der Waals surface area contributed by atoms with E-state index >= 15 is 0 Å². The number of likely N-dealkylation sites (tertiary alicyclic amines) is 1. The molecule has 1 fully saturated rings. The Balaban J connectivity index is 1.83. The zero-order chi connectivity index (χ0) is 14.4. The largest absolute Gasteiger partial charge is 0.369 e. The Labute approximate surface area is 120 Å². The molecule has 0 aromatic heterocycles. The van der Waals surface area contributed by atoms with Gasteiger partial charge in [0.2, 0.25) is 11.8 Å². The summed E-state index contributed by atoms with van der Waals surface area (Å²) in [4.78, 5) is 25.7. The van der Waals surface area contributed by atoms with E-state index in [0.717, 1.165) is 13.1 Å². The second kappa shape index (κ2) is 7.43. The minimum Gasteiger partial charge on any atom is -0.369 e. The van der Waals surface area contributed by atoms with Crippen molar-refractivity contribution < 1.29 is 9.59 Å². The number of hydrogen-bond donors (Lipinski definition) is 2. The second-order valence-electron chi connectivity index (χ2n) is 5.82. The minimum atomic E-state index is -0.325. The molecule has 0 aromatic carbocycles. The Morgan fingerprint density at radius 2 is 1.75 bits per heavy atom. The summed E-state index contributed by atoms with van der Waals surface area (Å²) in [6.07, 6.45) is 10.2. The van der Waals surface area contributed by atoms with Crippen molar-refractivity contribution in [3.8, 4) is 0 Å². The lowest BCUT2D eigenvalue weighted by Gasteiger charge is -2.28. The molecule has 1 aliphatic heterocycles. The van der Waals surface area contributed by atoms with E-state index in [1.54, 1.807) is 0 Å². The molecule has 2 atom stereocenters. The summed E-state index contributed by atoms with van der Waals surface area (Å²) in [6, 6.07) is -0.142. The first-order valence-electron chi connectivity index (χ1n) is 7.63. The molecule has 2 aliphatic rings. The van der Waals surface area contributed by atoms with Gasteiger partial charge in [0, 0.05) is 6.04 Å². The van der Waals surface area contributed by atoms with Gasteiger partial charge in [-0.15, -0.1) is 0 Å². The molecule has 20 heavy (non-hydrogen) atoms. The van der Waals surface area contributed by atoms with Gasteiger partial charge in [-0.25, -0.2) is 0 Å². The standard InChI is InChI=1S/C15H25N3O2/c16-15(20)12-7-3-4-8-13(12)17-14(19)11-18-9-5-1-2-6-10-18/h3-4,12-13H,1-2,5-11H2,(H2,16,20)(H,17,19)/t12-,13-/m1/s1. The monoisotopic (exact) mass is 279 g/mol. The Bertz CT molecular complexity index is 373. The lowest BCUT2D eigenvalue weighted by molar-refractivity contribution is -0.125. The molecule has 3 N–H and O–H groups in total. The van der Waals surface area contributed by atoms with Crippen molar-refractivity contribution in [2.75, 3.05) is 19.6 Å². The van der Waals surface area contributed by atoms with Gasteiger partial charge in [-0.05, 0) is 38.8 Å². The quantitative estimate of drug-likeness (QED) is 0.747. The van der Waals surface area contributed by atoms with Crippen LogP contribution < -0.4 is 11.1 Å². The third kappa shape index (κ3) is 4.34. The van der Waals surface area contributed by atoms with Crippen molar-refractivity contribution in [1.82, 2.24) is 10.2 Å². The summed E-state index contributed by atoms with van der Waals surface area (Å²) in [5, 5.41) is 2.99. The average molecular weight is 279 g/mol. The van der Waals surface area contributed by atoms with Crippen LogP contribution in [0.3, 0.4) is 0 Å². The van der Waals surface area contributed by atoms with Gasteiger partial charge in [-0.3, -0.25) is 14.5 Å². The first-order chi connectivity index (χ1) is 9.66. The molecule has 5 nitrogen and oxygen atoms in total. The smallest absolute Gasteiger partial charge is 0.234 e.